The Kier molecular flexibility index (Phi) is 4.70. The summed E-state index contributed by atoms with van der Waals surface area (Å²) in [6.07, 6.45) is 1.71. The van der Waals surface area contributed by atoms with Gasteiger partial charge >= 0.3 is 5.97 Å². The van der Waals surface area contributed by atoms with Gasteiger partial charge in [0.1, 0.15) is 29.7 Å². The lowest BCUT2D eigenvalue weighted by Gasteiger charge is -2.10. The normalized spacial score (nSPS) is 10.9. The molecule has 0 aliphatic rings. The Balaban J connectivity index is 1.95. The molecule has 1 aromatic carbocycles. The van der Waals surface area contributed by atoms with E-state index in [1.54, 1.807) is 42.6 Å². The second kappa shape index (κ2) is 6.93. The number of halogens is 2. The van der Waals surface area contributed by atoms with Gasteiger partial charge in [0.15, 0.2) is 0 Å². The van der Waals surface area contributed by atoms with Crippen molar-refractivity contribution >= 4 is 11.5 Å². The molecule has 0 radical (unpaired) electrons. The van der Waals surface area contributed by atoms with Crippen LogP contribution in [0.25, 0.3) is 5.52 Å². The number of ether oxygens (including phenoxy) is 2. The molecule has 4 nitrogen and oxygen atoms in total. The standard InChI is InChI=1S/C19H17F2NO3/c1-3-24-19(23)18-12(2)10-16-17(8-5-9-22(16)18)25-11-13-14(20)6-4-7-15(13)21/h4-10H,3,11H2,1-2H3. The molecule has 130 valence electrons. The number of nitrogens with zero attached hydrogens (tertiary/aromatic N) is 1. The second-order valence-corrected chi connectivity index (χ2v) is 5.51. The molecule has 0 bridgehead atoms. The van der Waals surface area contributed by atoms with Crippen LogP contribution in [0.2, 0.25) is 0 Å². The highest BCUT2D eigenvalue weighted by molar-refractivity contribution is 5.92. The van der Waals surface area contributed by atoms with Crippen LogP contribution in [0.5, 0.6) is 5.75 Å². The van der Waals surface area contributed by atoms with E-state index in [-0.39, 0.29) is 18.8 Å². The first-order chi connectivity index (χ1) is 12.0. The molecule has 0 amide bonds. The largest absolute Gasteiger partial charge is 0.486 e. The number of carbonyl (C=O) groups excluding carboxylic acids is 1. The minimum absolute atomic E-state index is 0.140. The van der Waals surface area contributed by atoms with Crippen molar-refractivity contribution in [3.63, 3.8) is 0 Å². The summed E-state index contributed by atoms with van der Waals surface area (Å²) < 4.78 is 39.8. The van der Waals surface area contributed by atoms with Crippen LogP contribution in [0.3, 0.4) is 0 Å². The second-order valence-electron chi connectivity index (χ2n) is 5.51. The van der Waals surface area contributed by atoms with Crippen LogP contribution in [0, 0.1) is 18.6 Å². The van der Waals surface area contributed by atoms with Gasteiger partial charge in [0.2, 0.25) is 0 Å². The van der Waals surface area contributed by atoms with Crippen molar-refractivity contribution in [1.82, 2.24) is 4.40 Å². The molecule has 0 unspecified atom stereocenters. The smallest absolute Gasteiger partial charge is 0.355 e. The number of hydrogen-bond donors (Lipinski definition) is 0. The molecule has 0 fully saturated rings. The molecule has 6 heteroatoms. The predicted molar refractivity (Wildman–Crippen MR) is 88.8 cm³/mol. The van der Waals surface area contributed by atoms with Gasteiger partial charge in [0.05, 0.1) is 17.7 Å². The summed E-state index contributed by atoms with van der Waals surface area (Å²) in [5.41, 5.74) is 1.61. The maximum Gasteiger partial charge on any atom is 0.355 e. The van der Waals surface area contributed by atoms with Gasteiger partial charge in [0.25, 0.3) is 0 Å². The molecule has 3 aromatic rings. The maximum absolute atomic E-state index is 13.7. The highest BCUT2D eigenvalue weighted by atomic mass is 19.1. The van der Waals surface area contributed by atoms with E-state index in [0.29, 0.717) is 17.0 Å². The van der Waals surface area contributed by atoms with Crippen molar-refractivity contribution in [2.45, 2.75) is 20.5 Å². The number of esters is 1. The van der Waals surface area contributed by atoms with Crippen LogP contribution in [0.1, 0.15) is 28.5 Å². The third-order valence-electron chi connectivity index (χ3n) is 3.86. The van der Waals surface area contributed by atoms with Crippen LogP contribution in [0.15, 0.2) is 42.6 Å². The number of benzene rings is 1. The van der Waals surface area contributed by atoms with Gasteiger partial charge in [0, 0.05) is 6.20 Å². The molecule has 2 heterocycles. The van der Waals surface area contributed by atoms with Gasteiger partial charge in [-0.15, -0.1) is 0 Å². The average molecular weight is 345 g/mol. The molecular weight excluding hydrogens is 328 g/mol. The summed E-state index contributed by atoms with van der Waals surface area (Å²) in [4.78, 5) is 12.1. The van der Waals surface area contributed by atoms with E-state index in [9.17, 15) is 13.6 Å². The van der Waals surface area contributed by atoms with Crippen molar-refractivity contribution < 1.29 is 23.0 Å². The minimum Gasteiger partial charge on any atom is -0.486 e. The third kappa shape index (κ3) is 3.20. The summed E-state index contributed by atoms with van der Waals surface area (Å²) in [5.74, 6) is -1.34. The molecule has 0 aliphatic carbocycles. The van der Waals surface area contributed by atoms with E-state index in [1.165, 1.54) is 18.2 Å². The predicted octanol–water partition coefficient (Wildman–Crippen LogP) is 4.28. The zero-order valence-corrected chi connectivity index (χ0v) is 13.9. The zero-order valence-electron chi connectivity index (χ0n) is 13.9. The van der Waals surface area contributed by atoms with E-state index in [0.717, 1.165) is 5.56 Å². The van der Waals surface area contributed by atoms with Crippen molar-refractivity contribution in [3.05, 3.63) is 71.1 Å². The van der Waals surface area contributed by atoms with Gasteiger partial charge in [-0.05, 0) is 49.7 Å². The molecule has 0 atom stereocenters. The Morgan fingerprint density at radius 1 is 1.16 bits per heavy atom. The minimum atomic E-state index is -0.661. The summed E-state index contributed by atoms with van der Waals surface area (Å²) >= 11 is 0. The Labute approximate surface area is 143 Å². The van der Waals surface area contributed by atoms with E-state index in [2.05, 4.69) is 0 Å². The molecule has 2 aromatic heterocycles. The molecule has 0 saturated carbocycles. The van der Waals surface area contributed by atoms with Crippen LogP contribution in [-0.4, -0.2) is 17.0 Å². The molecular formula is C19H17F2NO3. The fourth-order valence-corrected chi connectivity index (χ4v) is 2.70. The fraction of sp³-hybridized carbons (Fsp3) is 0.211. The topological polar surface area (TPSA) is 39.9 Å². The first-order valence-corrected chi connectivity index (χ1v) is 7.86. The van der Waals surface area contributed by atoms with E-state index >= 15 is 0 Å². The summed E-state index contributed by atoms with van der Waals surface area (Å²) in [5, 5.41) is 0. The van der Waals surface area contributed by atoms with Crippen LogP contribution in [-0.2, 0) is 11.3 Å². The van der Waals surface area contributed by atoms with E-state index in [4.69, 9.17) is 9.47 Å². The summed E-state index contributed by atoms with van der Waals surface area (Å²) in [6, 6.07) is 8.83. The molecule has 3 rings (SSSR count). The lowest BCUT2D eigenvalue weighted by molar-refractivity contribution is 0.0517. The van der Waals surface area contributed by atoms with Crippen LogP contribution >= 0.6 is 0 Å². The van der Waals surface area contributed by atoms with Gasteiger partial charge in [-0.3, -0.25) is 0 Å². The Morgan fingerprint density at radius 3 is 2.56 bits per heavy atom. The van der Waals surface area contributed by atoms with Crippen molar-refractivity contribution in [3.8, 4) is 5.75 Å². The highest BCUT2D eigenvalue weighted by Gasteiger charge is 2.18. The van der Waals surface area contributed by atoms with E-state index in [1.807, 2.05) is 0 Å². The fourth-order valence-electron chi connectivity index (χ4n) is 2.70. The Morgan fingerprint density at radius 2 is 1.88 bits per heavy atom. The number of pyridine rings is 1. The highest BCUT2D eigenvalue weighted by Crippen LogP contribution is 2.27. The van der Waals surface area contributed by atoms with Gasteiger partial charge in [-0.2, -0.15) is 0 Å². The SMILES string of the molecule is CCOC(=O)c1c(C)cc2c(OCc3c(F)cccc3F)cccn12. The van der Waals surface area contributed by atoms with Crippen molar-refractivity contribution in [2.75, 3.05) is 6.61 Å². The number of aryl methyl sites for hydroxylation is 1. The lowest BCUT2D eigenvalue weighted by Crippen LogP contribution is -2.09. The van der Waals surface area contributed by atoms with Crippen molar-refractivity contribution in [2.24, 2.45) is 0 Å². The summed E-state index contributed by atoms with van der Waals surface area (Å²) in [7, 11) is 0. The Bertz CT molecular complexity index is 914. The Hall–Kier alpha value is -2.89. The number of hydrogen-bond acceptors (Lipinski definition) is 3. The molecule has 0 N–H and O–H groups in total. The molecule has 25 heavy (non-hydrogen) atoms. The van der Waals surface area contributed by atoms with Crippen LogP contribution in [0.4, 0.5) is 8.78 Å². The number of fused-ring (bicyclic) bond motifs is 1. The zero-order chi connectivity index (χ0) is 18.0. The lowest BCUT2D eigenvalue weighted by atomic mass is 10.2. The number of carbonyl (C=O) groups is 1. The quantitative estimate of drug-likeness (QED) is 0.648. The first-order valence-electron chi connectivity index (χ1n) is 7.86. The van der Waals surface area contributed by atoms with Gasteiger partial charge in [-0.1, -0.05) is 6.07 Å². The molecule has 0 spiro atoms. The van der Waals surface area contributed by atoms with Gasteiger partial charge < -0.3 is 13.9 Å². The van der Waals surface area contributed by atoms with Crippen molar-refractivity contribution in [1.29, 1.82) is 0 Å². The maximum atomic E-state index is 13.7. The summed E-state index contributed by atoms with van der Waals surface area (Å²) in [6.45, 7) is 3.55. The number of rotatable bonds is 5. The van der Waals surface area contributed by atoms with Crippen LogP contribution < -0.4 is 4.74 Å². The third-order valence-corrected chi connectivity index (χ3v) is 3.86. The molecule has 0 saturated heterocycles. The first kappa shape index (κ1) is 17.0. The van der Waals surface area contributed by atoms with Gasteiger partial charge in [-0.25, -0.2) is 13.6 Å². The molecule has 0 aliphatic heterocycles. The average Bonchev–Trinajstić information content (AvgIpc) is 2.91. The number of aromatic nitrogens is 1. The monoisotopic (exact) mass is 345 g/mol. The van der Waals surface area contributed by atoms with E-state index < -0.39 is 17.6 Å².